The molecule has 2 aromatic rings. The molecule has 4 rings (SSSR count). The highest BCUT2D eigenvalue weighted by Gasteiger charge is 2.30. The quantitative estimate of drug-likeness (QED) is 0.619. The Morgan fingerprint density at radius 2 is 2.10 bits per heavy atom. The van der Waals surface area contributed by atoms with Crippen molar-refractivity contribution in [3.05, 3.63) is 51.4 Å². The van der Waals surface area contributed by atoms with Gasteiger partial charge >= 0.3 is 0 Å². The Labute approximate surface area is 174 Å². The maximum absolute atomic E-state index is 12.8. The van der Waals surface area contributed by atoms with E-state index in [4.69, 9.17) is 0 Å². The summed E-state index contributed by atoms with van der Waals surface area (Å²) in [6, 6.07) is 7.83. The number of aryl methyl sites for hydroxylation is 1. The molecule has 0 fully saturated rings. The molecular formula is C22H24N4O2S. The van der Waals surface area contributed by atoms with Crippen LogP contribution in [0.5, 0.6) is 0 Å². The molecule has 1 amide bonds. The zero-order valence-electron chi connectivity index (χ0n) is 16.7. The SMILES string of the molecule is CN(C)c1ccc(C#CCNC(=O)CC2CSc3nc4c(c(=O)n32)CCC4)cc1. The lowest BCUT2D eigenvalue weighted by Gasteiger charge is -2.13. The van der Waals surface area contributed by atoms with Crippen LogP contribution in [0, 0.1) is 11.8 Å². The summed E-state index contributed by atoms with van der Waals surface area (Å²) in [6.07, 6.45) is 2.96. The van der Waals surface area contributed by atoms with Crippen LogP contribution in [0.1, 0.15) is 35.7 Å². The number of amides is 1. The number of carbonyl (C=O) groups excluding carboxylic acids is 1. The lowest BCUT2D eigenvalue weighted by molar-refractivity contribution is -0.121. The molecule has 150 valence electrons. The number of rotatable bonds is 4. The fraction of sp³-hybridized carbons (Fsp3) is 0.409. The van der Waals surface area contributed by atoms with Crippen molar-refractivity contribution >= 4 is 23.4 Å². The molecule has 6 nitrogen and oxygen atoms in total. The first-order valence-corrected chi connectivity index (χ1v) is 10.8. The number of hydrogen-bond donors (Lipinski definition) is 1. The zero-order valence-corrected chi connectivity index (χ0v) is 17.5. The van der Waals surface area contributed by atoms with E-state index in [1.807, 2.05) is 43.3 Å². The molecule has 0 saturated carbocycles. The van der Waals surface area contributed by atoms with Gasteiger partial charge in [0.05, 0.1) is 18.3 Å². The third-order valence-corrected chi connectivity index (χ3v) is 6.38. The minimum atomic E-state index is -0.132. The second-order valence-electron chi connectivity index (χ2n) is 7.54. The number of benzene rings is 1. The Kier molecular flexibility index (Phi) is 5.63. The molecule has 1 aromatic heterocycles. The van der Waals surface area contributed by atoms with Crippen LogP contribution >= 0.6 is 11.8 Å². The van der Waals surface area contributed by atoms with E-state index >= 15 is 0 Å². The largest absolute Gasteiger partial charge is 0.378 e. The summed E-state index contributed by atoms with van der Waals surface area (Å²) in [5.74, 6) is 6.67. The van der Waals surface area contributed by atoms with Crippen LogP contribution in [-0.2, 0) is 17.6 Å². The molecule has 1 N–H and O–H groups in total. The van der Waals surface area contributed by atoms with Crippen LogP contribution in [-0.4, -0.2) is 41.9 Å². The molecule has 0 radical (unpaired) electrons. The molecule has 1 aliphatic heterocycles. The van der Waals surface area contributed by atoms with Gasteiger partial charge in [-0.25, -0.2) is 4.98 Å². The summed E-state index contributed by atoms with van der Waals surface area (Å²) in [5, 5.41) is 3.60. The standard InChI is InChI=1S/C22H24N4O2S/c1-25(2)16-10-8-15(9-11-16)5-4-12-23-20(27)13-17-14-29-22-24-19-7-3-6-18(19)21(28)26(17)22/h8-11,17H,3,6-7,12-14H2,1-2H3,(H,23,27). The first-order chi connectivity index (χ1) is 14.0. The van der Waals surface area contributed by atoms with Gasteiger partial charge in [0.1, 0.15) is 0 Å². The topological polar surface area (TPSA) is 67.2 Å². The minimum Gasteiger partial charge on any atom is -0.378 e. The smallest absolute Gasteiger partial charge is 0.257 e. The van der Waals surface area contributed by atoms with Crippen molar-refractivity contribution in [3.63, 3.8) is 0 Å². The van der Waals surface area contributed by atoms with Gasteiger partial charge in [0.25, 0.3) is 5.56 Å². The number of nitrogens with one attached hydrogen (secondary N) is 1. The van der Waals surface area contributed by atoms with Gasteiger partial charge in [-0.2, -0.15) is 0 Å². The molecular weight excluding hydrogens is 384 g/mol. The van der Waals surface area contributed by atoms with Gasteiger partial charge in [-0.05, 0) is 43.5 Å². The first-order valence-electron chi connectivity index (χ1n) is 9.83. The normalized spacial score (nSPS) is 16.6. The van der Waals surface area contributed by atoms with Crippen LogP contribution in [0.4, 0.5) is 5.69 Å². The van der Waals surface area contributed by atoms with Crippen molar-refractivity contribution in [3.8, 4) is 11.8 Å². The van der Waals surface area contributed by atoms with Crippen LogP contribution in [0.25, 0.3) is 0 Å². The number of anilines is 1. The van der Waals surface area contributed by atoms with E-state index < -0.39 is 0 Å². The molecule has 2 aliphatic rings. The summed E-state index contributed by atoms with van der Waals surface area (Å²) < 4.78 is 1.73. The highest BCUT2D eigenvalue weighted by atomic mass is 32.2. The predicted molar refractivity (Wildman–Crippen MR) is 116 cm³/mol. The number of nitrogens with zero attached hydrogens (tertiary/aromatic N) is 3. The molecule has 1 atom stereocenters. The van der Waals surface area contributed by atoms with E-state index in [1.54, 1.807) is 16.3 Å². The van der Waals surface area contributed by atoms with Crippen molar-refractivity contribution in [1.29, 1.82) is 0 Å². The molecule has 29 heavy (non-hydrogen) atoms. The maximum atomic E-state index is 12.8. The van der Waals surface area contributed by atoms with E-state index in [1.165, 1.54) is 0 Å². The molecule has 1 aliphatic carbocycles. The molecule has 0 bridgehead atoms. The Balaban J connectivity index is 1.34. The van der Waals surface area contributed by atoms with E-state index in [0.717, 1.165) is 46.9 Å². The van der Waals surface area contributed by atoms with Gasteiger partial charge in [0, 0.05) is 43.1 Å². The van der Waals surface area contributed by atoms with Crippen molar-refractivity contribution in [2.75, 3.05) is 31.3 Å². The van der Waals surface area contributed by atoms with Crippen LogP contribution in [0.3, 0.4) is 0 Å². The minimum absolute atomic E-state index is 0.0475. The molecule has 2 heterocycles. The van der Waals surface area contributed by atoms with Crippen molar-refractivity contribution in [1.82, 2.24) is 14.9 Å². The lowest BCUT2D eigenvalue weighted by atomic mass is 10.2. The van der Waals surface area contributed by atoms with Gasteiger partial charge in [-0.15, -0.1) is 0 Å². The Morgan fingerprint density at radius 1 is 1.31 bits per heavy atom. The number of aromatic nitrogens is 2. The summed E-state index contributed by atoms with van der Waals surface area (Å²) in [6.45, 7) is 0.290. The predicted octanol–water partition coefficient (Wildman–Crippen LogP) is 2.00. The fourth-order valence-electron chi connectivity index (χ4n) is 3.72. The monoisotopic (exact) mass is 408 g/mol. The number of thioether (sulfide) groups is 1. The Hall–Kier alpha value is -2.72. The van der Waals surface area contributed by atoms with E-state index in [-0.39, 0.29) is 23.9 Å². The molecule has 0 spiro atoms. The first kappa shape index (κ1) is 19.6. The van der Waals surface area contributed by atoms with E-state index in [2.05, 4.69) is 22.1 Å². The Morgan fingerprint density at radius 3 is 2.86 bits per heavy atom. The highest BCUT2D eigenvalue weighted by Crippen LogP contribution is 2.33. The van der Waals surface area contributed by atoms with Crippen LogP contribution < -0.4 is 15.8 Å². The van der Waals surface area contributed by atoms with Gasteiger partial charge in [0.2, 0.25) is 5.91 Å². The Bertz CT molecular complexity index is 1050. The van der Waals surface area contributed by atoms with Gasteiger partial charge in [-0.3, -0.25) is 14.2 Å². The lowest BCUT2D eigenvalue weighted by Crippen LogP contribution is -2.32. The molecule has 0 saturated heterocycles. The molecule has 7 heteroatoms. The summed E-state index contributed by atoms with van der Waals surface area (Å²) in [5.41, 5.74) is 3.87. The van der Waals surface area contributed by atoms with Crippen molar-refractivity contribution in [2.24, 2.45) is 0 Å². The van der Waals surface area contributed by atoms with Gasteiger partial charge in [0.15, 0.2) is 5.16 Å². The highest BCUT2D eigenvalue weighted by molar-refractivity contribution is 7.99. The number of fused-ring (bicyclic) bond motifs is 2. The second kappa shape index (κ2) is 8.34. The average Bonchev–Trinajstić information content (AvgIpc) is 3.33. The number of hydrogen-bond acceptors (Lipinski definition) is 5. The maximum Gasteiger partial charge on any atom is 0.257 e. The number of carbonyl (C=O) groups is 1. The molecule has 1 aromatic carbocycles. The van der Waals surface area contributed by atoms with Crippen LogP contribution in [0.15, 0.2) is 34.2 Å². The van der Waals surface area contributed by atoms with Gasteiger partial charge in [-0.1, -0.05) is 23.6 Å². The zero-order chi connectivity index (χ0) is 20.4. The third kappa shape index (κ3) is 4.18. The average molecular weight is 409 g/mol. The van der Waals surface area contributed by atoms with Crippen molar-refractivity contribution < 1.29 is 4.79 Å². The van der Waals surface area contributed by atoms with E-state index in [9.17, 15) is 9.59 Å². The van der Waals surface area contributed by atoms with Gasteiger partial charge < -0.3 is 10.2 Å². The summed E-state index contributed by atoms with van der Waals surface area (Å²) >= 11 is 1.57. The summed E-state index contributed by atoms with van der Waals surface area (Å²) in [7, 11) is 3.99. The summed E-state index contributed by atoms with van der Waals surface area (Å²) in [4.78, 5) is 31.8. The third-order valence-electron chi connectivity index (χ3n) is 5.28. The van der Waals surface area contributed by atoms with E-state index in [0.29, 0.717) is 12.3 Å². The van der Waals surface area contributed by atoms with Crippen LogP contribution in [0.2, 0.25) is 0 Å². The second-order valence-corrected chi connectivity index (χ2v) is 8.52. The fourth-order valence-corrected chi connectivity index (χ4v) is 4.87. The van der Waals surface area contributed by atoms with Crippen molar-refractivity contribution in [2.45, 2.75) is 36.9 Å². The molecule has 1 unspecified atom stereocenters.